The van der Waals surface area contributed by atoms with Gasteiger partial charge in [-0.05, 0) is 38.0 Å². The minimum atomic E-state index is -1.28. The molecule has 0 bridgehead atoms. The van der Waals surface area contributed by atoms with Crippen LogP contribution in [0, 0.1) is 5.92 Å². The Morgan fingerprint density at radius 2 is 2.04 bits per heavy atom. The number of imide groups is 1. The van der Waals surface area contributed by atoms with Gasteiger partial charge in [-0.1, -0.05) is 19.3 Å². The Bertz CT molecular complexity index is 779. The Morgan fingerprint density at radius 1 is 1.32 bits per heavy atom. The molecule has 1 aliphatic carbocycles. The van der Waals surface area contributed by atoms with Crippen LogP contribution in [-0.2, 0) is 9.59 Å². The van der Waals surface area contributed by atoms with E-state index in [0.717, 1.165) is 37.0 Å². The van der Waals surface area contributed by atoms with Crippen LogP contribution in [0.4, 0.5) is 20.6 Å². The Hall–Kier alpha value is -2.64. The summed E-state index contributed by atoms with van der Waals surface area (Å²) in [6, 6.07) is 4.08. The van der Waals surface area contributed by atoms with E-state index in [-0.39, 0.29) is 18.2 Å². The molecule has 4 amide bonds. The molecule has 152 valence electrons. The zero-order valence-corrected chi connectivity index (χ0v) is 16.2. The van der Waals surface area contributed by atoms with Gasteiger partial charge >= 0.3 is 6.03 Å². The summed E-state index contributed by atoms with van der Waals surface area (Å²) in [5, 5.41) is 5.43. The molecule has 0 aromatic heterocycles. The molecule has 7 nitrogen and oxygen atoms in total. The van der Waals surface area contributed by atoms with E-state index in [1.54, 1.807) is 12.1 Å². The summed E-state index contributed by atoms with van der Waals surface area (Å²) in [6.07, 6.45) is 4.81. The molecular formula is C20H26FN3O4. The molecule has 0 radical (unpaired) electrons. The van der Waals surface area contributed by atoms with Gasteiger partial charge in [-0.2, -0.15) is 0 Å². The number of hydrogen-bond donors (Lipinski definition) is 2. The number of nitrogens with zero attached hydrogens (tertiary/aromatic N) is 1. The highest BCUT2D eigenvalue weighted by Crippen LogP contribution is 2.34. The summed E-state index contributed by atoms with van der Waals surface area (Å²) in [4.78, 5) is 38.7. The summed E-state index contributed by atoms with van der Waals surface area (Å²) in [5.74, 6) is -0.224. The van der Waals surface area contributed by atoms with Gasteiger partial charge in [0, 0.05) is 12.3 Å². The number of carbonyl (C=O) groups is 3. The predicted molar refractivity (Wildman–Crippen MR) is 103 cm³/mol. The average Bonchev–Trinajstić information content (AvgIpc) is 2.91. The number of methoxy groups -OCH3 is 1. The highest BCUT2D eigenvalue weighted by atomic mass is 19.1. The van der Waals surface area contributed by atoms with Gasteiger partial charge in [-0.3, -0.25) is 14.0 Å². The predicted octanol–water partition coefficient (Wildman–Crippen LogP) is 3.39. The highest BCUT2D eigenvalue weighted by Gasteiger charge is 2.48. The Labute approximate surface area is 163 Å². The fraction of sp³-hybridized carbons (Fsp3) is 0.550. The largest absolute Gasteiger partial charge is 0.495 e. The average molecular weight is 391 g/mol. The molecule has 1 atom stereocenters. The van der Waals surface area contributed by atoms with Crippen LogP contribution < -0.4 is 20.3 Å². The second-order valence-electron chi connectivity index (χ2n) is 7.55. The van der Waals surface area contributed by atoms with Gasteiger partial charge in [0.25, 0.3) is 5.91 Å². The maximum absolute atomic E-state index is 12.8. The fourth-order valence-corrected chi connectivity index (χ4v) is 3.81. The molecule has 1 saturated heterocycles. The van der Waals surface area contributed by atoms with E-state index in [4.69, 9.17) is 4.74 Å². The van der Waals surface area contributed by atoms with Crippen molar-refractivity contribution >= 4 is 29.2 Å². The molecule has 8 heteroatoms. The standard InChI is InChI=1S/C20H26FN3O4/c1-20(10-11-21)18(26)24(19(27)23-20)14-8-9-16(28-2)15(12-14)22-17(25)13-6-4-3-5-7-13/h8-9,12-13H,3-7,10-11H2,1-2H3,(H,22,25)(H,23,27). The third kappa shape index (κ3) is 3.81. The molecule has 1 aromatic rings. The molecule has 2 fully saturated rings. The zero-order valence-electron chi connectivity index (χ0n) is 16.2. The van der Waals surface area contributed by atoms with Crippen molar-refractivity contribution in [1.29, 1.82) is 0 Å². The number of anilines is 2. The number of halogens is 1. The number of rotatable bonds is 6. The molecule has 1 aliphatic heterocycles. The Morgan fingerprint density at radius 3 is 2.68 bits per heavy atom. The lowest BCUT2D eigenvalue weighted by atomic mass is 9.88. The van der Waals surface area contributed by atoms with Gasteiger partial charge in [0.1, 0.15) is 11.3 Å². The SMILES string of the molecule is COc1ccc(N2C(=O)NC(C)(CCF)C2=O)cc1NC(=O)C1CCCCC1. The quantitative estimate of drug-likeness (QED) is 0.728. The van der Waals surface area contributed by atoms with Crippen LogP contribution in [0.15, 0.2) is 18.2 Å². The van der Waals surface area contributed by atoms with Crippen molar-refractivity contribution in [3.05, 3.63) is 18.2 Å². The first-order valence-electron chi connectivity index (χ1n) is 9.61. The van der Waals surface area contributed by atoms with Gasteiger partial charge in [0.05, 0.1) is 25.2 Å². The second-order valence-corrected chi connectivity index (χ2v) is 7.55. The Balaban J connectivity index is 1.85. The summed E-state index contributed by atoms with van der Waals surface area (Å²) in [6.45, 7) is 0.782. The second kappa shape index (κ2) is 8.16. The topological polar surface area (TPSA) is 87.7 Å². The fourth-order valence-electron chi connectivity index (χ4n) is 3.81. The van der Waals surface area contributed by atoms with Crippen LogP contribution in [0.3, 0.4) is 0 Å². The van der Waals surface area contributed by atoms with Gasteiger partial charge in [-0.25, -0.2) is 9.69 Å². The minimum Gasteiger partial charge on any atom is -0.495 e. The van der Waals surface area contributed by atoms with E-state index >= 15 is 0 Å². The zero-order chi connectivity index (χ0) is 20.3. The smallest absolute Gasteiger partial charge is 0.329 e. The summed E-state index contributed by atoms with van der Waals surface area (Å²) in [5.41, 5.74) is -0.586. The number of nitrogens with one attached hydrogen (secondary N) is 2. The number of alkyl halides is 1. The minimum absolute atomic E-state index is 0.0494. The van der Waals surface area contributed by atoms with Crippen molar-refractivity contribution in [3.8, 4) is 5.75 Å². The van der Waals surface area contributed by atoms with E-state index in [1.807, 2.05) is 0 Å². The van der Waals surface area contributed by atoms with Crippen LogP contribution in [0.1, 0.15) is 45.4 Å². The van der Waals surface area contributed by atoms with E-state index in [0.29, 0.717) is 17.1 Å². The van der Waals surface area contributed by atoms with Crippen LogP contribution in [0.2, 0.25) is 0 Å². The van der Waals surface area contributed by atoms with Gasteiger partial charge in [0.2, 0.25) is 5.91 Å². The van der Waals surface area contributed by atoms with E-state index in [2.05, 4.69) is 10.6 Å². The molecular weight excluding hydrogens is 365 g/mol. The lowest BCUT2D eigenvalue weighted by molar-refractivity contribution is -0.122. The number of amides is 4. The van der Waals surface area contributed by atoms with E-state index in [1.165, 1.54) is 20.1 Å². The number of ether oxygens (including phenoxy) is 1. The normalized spacial score (nSPS) is 22.9. The molecule has 1 unspecified atom stereocenters. The molecule has 2 N–H and O–H groups in total. The summed E-state index contributed by atoms with van der Waals surface area (Å²) >= 11 is 0. The van der Waals surface area contributed by atoms with Crippen molar-refractivity contribution in [3.63, 3.8) is 0 Å². The number of urea groups is 1. The lowest BCUT2D eigenvalue weighted by Crippen LogP contribution is -2.44. The monoisotopic (exact) mass is 391 g/mol. The number of carbonyl (C=O) groups excluding carboxylic acids is 3. The number of benzene rings is 1. The van der Waals surface area contributed by atoms with Crippen LogP contribution >= 0.6 is 0 Å². The van der Waals surface area contributed by atoms with Gasteiger partial charge in [0.15, 0.2) is 0 Å². The molecule has 1 aromatic carbocycles. The lowest BCUT2D eigenvalue weighted by Gasteiger charge is -2.22. The van der Waals surface area contributed by atoms with Crippen molar-refractivity contribution in [2.75, 3.05) is 24.0 Å². The summed E-state index contributed by atoms with van der Waals surface area (Å²) in [7, 11) is 1.48. The van der Waals surface area contributed by atoms with E-state index < -0.39 is 24.2 Å². The molecule has 1 heterocycles. The molecule has 3 rings (SSSR count). The molecule has 2 aliphatic rings. The number of hydrogen-bond acceptors (Lipinski definition) is 4. The highest BCUT2D eigenvalue weighted by molar-refractivity contribution is 6.23. The first-order valence-corrected chi connectivity index (χ1v) is 9.61. The van der Waals surface area contributed by atoms with Crippen LogP contribution in [0.25, 0.3) is 0 Å². The van der Waals surface area contributed by atoms with Gasteiger partial charge < -0.3 is 15.4 Å². The van der Waals surface area contributed by atoms with Crippen molar-refractivity contribution in [2.45, 2.75) is 51.0 Å². The molecule has 28 heavy (non-hydrogen) atoms. The Kier molecular flexibility index (Phi) is 5.86. The van der Waals surface area contributed by atoms with Crippen molar-refractivity contribution in [1.82, 2.24) is 5.32 Å². The van der Waals surface area contributed by atoms with Crippen LogP contribution in [-0.4, -0.2) is 37.2 Å². The first-order chi connectivity index (χ1) is 13.4. The van der Waals surface area contributed by atoms with Gasteiger partial charge in [-0.15, -0.1) is 0 Å². The summed E-state index contributed by atoms with van der Waals surface area (Å²) < 4.78 is 18.1. The van der Waals surface area contributed by atoms with E-state index in [9.17, 15) is 18.8 Å². The third-order valence-electron chi connectivity index (χ3n) is 5.53. The first kappa shape index (κ1) is 20.1. The molecule has 1 saturated carbocycles. The maximum atomic E-state index is 12.8. The molecule has 0 spiro atoms. The van der Waals surface area contributed by atoms with Crippen molar-refractivity contribution < 1.29 is 23.5 Å². The van der Waals surface area contributed by atoms with Crippen LogP contribution in [0.5, 0.6) is 5.75 Å². The maximum Gasteiger partial charge on any atom is 0.329 e. The third-order valence-corrected chi connectivity index (χ3v) is 5.53. The van der Waals surface area contributed by atoms with Crippen molar-refractivity contribution in [2.24, 2.45) is 5.92 Å².